The van der Waals surface area contributed by atoms with Crippen molar-refractivity contribution in [3.8, 4) is 5.75 Å². The van der Waals surface area contributed by atoms with E-state index in [9.17, 15) is 4.79 Å². The summed E-state index contributed by atoms with van der Waals surface area (Å²) in [5.74, 6) is 0.550. The standard InChI is InChI=1S/C13H20N2O2/c1-9-4-5-12(17-3)11(8-9)15-13(16)10(2)6-7-14/h4-5,8,10H,6-7,14H2,1-3H3,(H,15,16). The van der Waals surface area contributed by atoms with Crippen molar-refractivity contribution in [1.82, 2.24) is 0 Å². The van der Waals surface area contributed by atoms with Crippen molar-refractivity contribution in [3.63, 3.8) is 0 Å². The molecule has 0 aliphatic carbocycles. The number of ether oxygens (including phenoxy) is 1. The van der Waals surface area contributed by atoms with Gasteiger partial charge in [-0.3, -0.25) is 4.79 Å². The van der Waals surface area contributed by atoms with E-state index in [0.717, 1.165) is 5.56 Å². The number of hydrogen-bond donors (Lipinski definition) is 2. The lowest BCUT2D eigenvalue weighted by Gasteiger charge is -2.14. The first-order valence-corrected chi connectivity index (χ1v) is 5.74. The first kappa shape index (κ1) is 13.5. The van der Waals surface area contributed by atoms with Crippen molar-refractivity contribution in [2.75, 3.05) is 19.0 Å². The molecule has 0 radical (unpaired) electrons. The number of rotatable bonds is 5. The Morgan fingerprint density at radius 1 is 1.53 bits per heavy atom. The Balaban J connectivity index is 2.79. The van der Waals surface area contributed by atoms with E-state index in [4.69, 9.17) is 10.5 Å². The fourth-order valence-corrected chi connectivity index (χ4v) is 1.56. The summed E-state index contributed by atoms with van der Waals surface area (Å²) in [6.07, 6.45) is 0.681. The average molecular weight is 236 g/mol. The minimum absolute atomic E-state index is 0.0284. The molecule has 1 aromatic rings. The lowest BCUT2D eigenvalue weighted by Crippen LogP contribution is -2.23. The molecule has 0 aliphatic heterocycles. The molecule has 1 amide bonds. The summed E-state index contributed by atoms with van der Waals surface area (Å²) in [6, 6.07) is 5.68. The molecule has 0 aromatic heterocycles. The van der Waals surface area contributed by atoms with Crippen LogP contribution in [0.25, 0.3) is 0 Å². The summed E-state index contributed by atoms with van der Waals surface area (Å²) in [4.78, 5) is 11.9. The van der Waals surface area contributed by atoms with Crippen molar-refractivity contribution in [1.29, 1.82) is 0 Å². The van der Waals surface area contributed by atoms with Crippen LogP contribution >= 0.6 is 0 Å². The monoisotopic (exact) mass is 236 g/mol. The van der Waals surface area contributed by atoms with E-state index in [1.54, 1.807) is 7.11 Å². The quantitative estimate of drug-likeness (QED) is 0.821. The van der Waals surface area contributed by atoms with Gasteiger partial charge in [0, 0.05) is 5.92 Å². The van der Waals surface area contributed by atoms with Crippen LogP contribution < -0.4 is 15.8 Å². The highest BCUT2D eigenvalue weighted by Crippen LogP contribution is 2.25. The van der Waals surface area contributed by atoms with Crippen molar-refractivity contribution >= 4 is 11.6 Å². The first-order valence-electron chi connectivity index (χ1n) is 5.74. The minimum Gasteiger partial charge on any atom is -0.495 e. The number of hydrogen-bond acceptors (Lipinski definition) is 3. The van der Waals surface area contributed by atoms with Gasteiger partial charge in [0.05, 0.1) is 12.8 Å². The van der Waals surface area contributed by atoms with Crippen molar-refractivity contribution in [2.24, 2.45) is 11.7 Å². The zero-order chi connectivity index (χ0) is 12.8. The molecule has 17 heavy (non-hydrogen) atoms. The second-order valence-electron chi connectivity index (χ2n) is 4.17. The van der Waals surface area contributed by atoms with E-state index >= 15 is 0 Å². The zero-order valence-electron chi connectivity index (χ0n) is 10.6. The average Bonchev–Trinajstić information content (AvgIpc) is 2.29. The van der Waals surface area contributed by atoms with E-state index in [2.05, 4.69) is 5.32 Å². The Kier molecular flexibility index (Phi) is 4.97. The summed E-state index contributed by atoms with van der Waals surface area (Å²) in [5, 5.41) is 2.87. The number of carbonyl (C=O) groups is 1. The molecule has 0 aliphatic rings. The van der Waals surface area contributed by atoms with E-state index < -0.39 is 0 Å². The van der Waals surface area contributed by atoms with E-state index in [-0.39, 0.29) is 11.8 Å². The van der Waals surface area contributed by atoms with Crippen LogP contribution in [0.2, 0.25) is 0 Å². The molecule has 4 nitrogen and oxygen atoms in total. The second-order valence-corrected chi connectivity index (χ2v) is 4.17. The zero-order valence-corrected chi connectivity index (χ0v) is 10.6. The molecule has 1 unspecified atom stereocenters. The maximum absolute atomic E-state index is 11.9. The molecule has 3 N–H and O–H groups in total. The molecular formula is C13H20N2O2. The summed E-state index contributed by atoms with van der Waals surface area (Å²) in [7, 11) is 1.59. The third-order valence-electron chi connectivity index (χ3n) is 2.66. The number of carbonyl (C=O) groups excluding carboxylic acids is 1. The number of benzene rings is 1. The maximum Gasteiger partial charge on any atom is 0.227 e. The number of anilines is 1. The predicted octanol–water partition coefficient (Wildman–Crippen LogP) is 1.93. The maximum atomic E-state index is 11.9. The van der Waals surface area contributed by atoms with Crippen LogP contribution in [0, 0.1) is 12.8 Å². The summed E-state index contributed by atoms with van der Waals surface area (Å²) < 4.78 is 5.20. The van der Waals surface area contributed by atoms with E-state index in [0.29, 0.717) is 24.4 Å². The molecule has 0 bridgehead atoms. The predicted molar refractivity (Wildman–Crippen MR) is 69.2 cm³/mol. The number of nitrogens with two attached hydrogens (primary N) is 1. The van der Waals surface area contributed by atoms with Crippen LogP contribution in [-0.2, 0) is 4.79 Å². The Hall–Kier alpha value is -1.55. The Morgan fingerprint density at radius 2 is 2.24 bits per heavy atom. The van der Waals surface area contributed by atoms with Gasteiger partial charge in [-0.2, -0.15) is 0 Å². The molecular weight excluding hydrogens is 216 g/mol. The van der Waals surface area contributed by atoms with Gasteiger partial charge in [0.15, 0.2) is 0 Å². The SMILES string of the molecule is COc1ccc(C)cc1NC(=O)C(C)CCN. The molecule has 0 saturated heterocycles. The van der Waals surface area contributed by atoms with Crippen molar-refractivity contribution in [3.05, 3.63) is 23.8 Å². The van der Waals surface area contributed by atoms with E-state index in [1.165, 1.54) is 0 Å². The molecule has 0 heterocycles. The summed E-state index contributed by atoms with van der Waals surface area (Å²) >= 11 is 0. The molecule has 94 valence electrons. The molecule has 0 spiro atoms. The number of amides is 1. The smallest absolute Gasteiger partial charge is 0.227 e. The number of aryl methyl sites for hydroxylation is 1. The normalized spacial score (nSPS) is 12.0. The van der Waals surface area contributed by atoms with Crippen LogP contribution in [0.4, 0.5) is 5.69 Å². The molecule has 1 rings (SSSR count). The highest BCUT2D eigenvalue weighted by atomic mass is 16.5. The fourth-order valence-electron chi connectivity index (χ4n) is 1.56. The van der Waals surface area contributed by atoms with Gasteiger partial charge in [-0.1, -0.05) is 13.0 Å². The van der Waals surface area contributed by atoms with Gasteiger partial charge in [0.1, 0.15) is 5.75 Å². The first-order chi connectivity index (χ1) is 8.08. The highest BCUT2D eigenvalue weighted by molar-refractivity contribution is 5.93. The minimum atomic E-state index is -0.0924. The van der Waals surface area contributed by atoms with Crippen molar-refractivity contribution < 1.29 is 9.53 Å². The van der Waals surface area contributed by atoms with Crippen LogP contribution in [0.5, 0.6) is 5.75 Å². The highest BCUT2D eigenvalue weighted by Gasteiger charge is 2.14. The topological polar surface area (TPSA) is 64.3 Å². The molecule has 4 heteroatoms. The Bertz CT molecular complexity index is 391. The lowest BCUT2D eigenvalue weighted by molar-refractivity contribution is -0.119. The molecule has 1 atom stereocenters. The lowest BCUT2D eigenvalue weighted by atomic mass is 10.1. The Morgan fingerprint density at radius 3 is 2.82 bits per heavy atom. The third-order valence-corrected chi connectivity index (χ3v) is 2.66. The molecule has 0 saturated carbocycles. The Labute approximate surface area is 102 Å². The third kappa shape index (κ3) is 3.75. The summed E-state index contributed by atoms with van der Waals surface area (Å²) in [6.45, 7) is 4.35. The van der Waals surface area contributed by atoms with Crippen LogP contribution in [0.15, 0.2) is 18.2 Å². The van der Waals surface area contributed by atoms with E-state index in [1.807, 2.05) is 32.0 Å². The van der Waals surface area contributed by atoms with Gasteiger partial charge in [-0.25, -0.2) is 0 Å². The molecule has 0 fully saturated rings. The largest absolute Gasteiger partial charge is 0.495 e. The van der Waals surface area contributed by atoms with Crippen LogP contribution in [0.1, 0.15) is 18.9 Å². The van der Waals surface area contributed by atoms with Crippen LogP contribution in [0.3, 0.4) is 0 Å². The molecule has 1 aromatic carbocycles. The number of methoxy groups -OCH3 is 1. The van der Waals surface area contributed by atoms with Gasteiger partial charge < -0.3 is 15.8 Å². The number of nitrogens with one attached hydrogen (secondary N) is 1. The van der Waals surface area contributed by atoms with Crippen molar-refractivity contribution in [2.45, 2.75) is 20.3 Å². The second kappa shape index (κ2) is 6.25. The summed E-state index contributed by atoms with van der Waals surface area (Å²) in [5.41, 5.74) is 7.22. The van der Waals surface area contributed by atoms with Gasteiger partial charge in [0.2, 0.25) is 5.91 Å². The van der Waals surface area contributed by atoms with Gasteiger partial charge in [-0.05, 0) is 37.6 Å². The van der Waals surface area contributed by atoms with Gasteiger partial charge >= 0.3 is 0 Å². The van der Waals surface area contributed by atoms with Gasteiger partial charge in [-0.15, -0.1) is 0 Å². The van der Waals surface area contributed by atoms with Gasteiger partial charge in [0.25, 0.3) is 0 Å². The van der Waals surface area contributed by atoms with Crippen LogP contribution in [-0.4, -0.2) is 19.6 Å². The fraction of sp³-hybridized carbons (Fsp3) is 0.462.